The van der Waals surface area contributed by atoms with E-state index in [1.807, 2.05) is 24.3 Å². The highest BCUT2D eigenvalue weighted by Crippen LogP contribution is 2.17. The van der Waals surface area contributed by atoms with Gasteiger partial charge >= 0.3 is 0 Å². The van der Waals surface area contributed by atoms with Gasteiger partial charge in [-0.15, -0.1) is 0 Å². The predicted molar refractivity (Wildman–Crippen MR) is 77.7 cm³/mol. The number of para-hydroxylation sites is 1. The lowest BCUT2D eigenvalue weighted by Gasteiger charge is -2.09. The quantitative estimate of drug-likeness (QED) is 0.824. The van der Waals surface area contributed by atoms with Crippen LogP contribution in [0.2, 0.25) is 5.02 Å². The van der Waals surface area contributed by atoms with Crippen LogP contribution in [0.4, 0.5) is 0 Å². The minimum Gasteiger partial charge on any atom is -0.496 e. The van der Waals surface area contributed by atoms with E-state index in [4.69, 9.17) is 16.3 Å². The minimum absolute atomic E-state index is 0.701. The summed E-state index contributed by atoms with van der Waals surface area (Å²) in [5.74, 6) is 0.936. The number of hydrogen-bond donors (Lipinski definition) is 1. The van der Waals surface area contributed by atoms with E-state index in [9.17, 15) is 0 Å². The zero-order valence-electron chi connectivity index (χ0n) is 10.9. The van der Waals surface area contributed by atoms with Crippen molar-refractivity contribution in [3.8, 4) is 5.75 Å². The van der Waals surface area contributed by atoms with Crippen LogP contribution in [0.1, 0.15) is 11.1 Å². The van der Waals surface area contributed by atoms with E-state index in [0.29, 0.717) is 5.02 Å². The third kappa shape index (κ3) is 3.94. The Balaban J connectivity index is 1.83. The molecule has 1 heterocycles. The summed E-state index contributed by atoms with van der Waals surface area (Å²) in [6.07, 6.45) is 4.34. The second-order valence-corrected chi connectivity index (χ2v) is 4.61. The number of rotatable bonds is 6. The van der Waals surface area contributed by atoms with Crippen LogP contribution in [-0.2, 0) is 13.0 Å². The first kappa shape index (κ1) is 13.8. The first-order valence-corrected chi connectivity index (χ1v) is 6.60. The van der Waals surface area contributed by atoms with Crippen LogP contribution in [0.3, 0.4) is 0 Å². The fraction of sp³-hybridized carbons (Fsp3) is 0.267. The number of hydrogen-bond acceptors (Lipinski definition) is 3. The van der Waals surface area contributed by atoms with Gasteiger partial charge < -0.3 is 10.1 Å². The van der Waals surface area contributed by atoms with Crippen molar-refractivity contribution in [3.63, 3.8) is 0 Å². The number of methoxy groups -OCH3 is 1. The molecule has 1 aromatic carbocycles. The lowest BCUT2D eigenvalue weighted by molar-refractivity contribution is 0.409. The molecule has 3 nitrogen and oxygen atoms in total. The molecule has 1 N–H and O–H groups in total. The molecule has 2 rings (SSSR count). The molecule has 0 bridgehead atoms. The van der Waals surface area contributed by atoms with E-state index in [-0.39, 0.29) is 0 Å². The SMILES string of the molecule is COc1ccccc1CCNCc1ccncc1Cl. The van der Waals surface area contributed by atoms with Gasteiger partial charge in [0.05, 0.1) is 12.1 Å². The molecule has 4 heteroatoms. The summed E-state index contributed by atoms with van der Waals surface area (Å²) in [4.78, 5) is 3.97. The van der Waals surface area contributed by atoms with Crippen LogP contribution in [0.15, 0.2) is 42.7 Å². The number of nitrogens with one attached hydrogen (secondary N) is 1. The fourth-order valence-corrected chi connectivity index (χ4v) is 2.09. The maximum atomic E-state index is 6.05. The molecule has 0 aliphatic rings. The molecule has 0 fully saturated rings. The van der Waals surface area contributed by atoms with Gasteiger partial charge in [-0.05, 0) is 36.2 Å². The molecule has 0 spiro atoms. The van der Waals surface area contributed by atoms with E-state index in [1.54, 1.807) is 19.5 Å². The smallest absolute Gasteiger partial charge is 0.122 e. The van der Waals surface area contributed by atoms with Crippen LogP contribution < -0.4 is 10.1 Å². The minimum atomic E-state index is 0.701. The van der Waals surface area contributed by atoms with Gasteiger partial charge in [0.15, 0.2) is 0 Å². The second-order valence-electron chi connectivity index (χ2n) is 4.21. The zero-order chi connectivity index (χ0) is 13.5. The maximum Gasteiger partial charge on any atom is 0.122 e. The molecule has 0 saturated carbocycles. The Hall–Kier alpha value is -1.58. The molecule has 19 heavy (non-hydrogen) atoms. The normalized spacial score (nSPS) is 10.4. The predicted octanol–water partition coefficient (Wildman–Crippen LogP) is 3.08. The van der Waals surface area contributed by atoms with Crippen LogP contribution in [0, 0.1) is 0 Å². The van der Waals surface area contributed by atoms with Crippen molar-refractivity contribution >= 4 is 11.6 Å². The summed E-state index contributed by atoms with van der Waals surface area (Å²) in [7, 11) is 1.70. The van der Waals surface area contributed by atoms with Crippen molar-refractivity contribution in [1.82, 2.24) is 10.3 Å². The molecular formula is C15H17ClN2O. The average molecular weight is 277 g/mol. The number of nitrogens with zero attached hydrogens (tertiary/aromatic N) is 1. The van der Waals surface area contributed by atoms with Crippen LogP contribution in [0.5, 0.6) is 5.75 Å². The Morgan fingerprint density at radius 1 is 1.21 bits per heavy atom. The highest BCUT2D eigenvalue weighted by Gasteiger charge is 2.02. The Bertz CT molecular complexity index is 531. The summed E-state index contributed by atoms with van der Waals surface area (Å²) in [5.41, 5.74) is 2.27. The number of halogens is 1. The molecule has 0 saturated heterocycles. The molecule has 0 radical (unpaired) electrons. The van der Waals surface area contributed by atoms with E-state index >= 15 is 0 Å². The Morgan fingerprint density at radius 2 is 2.05 bits per heavy atom. The van der Waals surface area contributed by atoms with E-state index in [0.717, 1.165) is 30.8 Å². The van der Waals surface area contributed by atoms with Crippen molar-refractivity contribution in [3.05, 3.63) is 58.9 Å². The topological polar surface area (TPSA) is 34.1 Å². The number of benzene rings is 1. The molecule has 0 atom stereocenters. The number of pyridine rings is 1. The van der Waals surface area contributed by atoms with E-state index in [1.165, 1.54) is 5.56 Å². The largest absolute Gasteiger partial charge is 0.496 e. The summed E-state index contributed by atoms with van der Waals surface area (Å²) >= 11 is 6.05. The lowest BCUT2D eigenvalue weighted by Crippen LogP contribution is -2.17. The molecule has 0 aliphatic heterocycles. The van der Waals surface area contributed by atoms with Crippen molar-refractivity contribution in [2.45, 2.75) is 13.0 Å². The Kier molecular flexibility index (Phi) is 5.19. The summed E-state index contributed by atoms with van der Waals surface area (Å²) in [6.45, 7) is 1.62. The standard InChI is InChI=1S/C15H17ClN2O/c1-19-15-5-3-2-4-12(15)6-8-17-10-13-7-9-18-11-14(13)16/h2-5,7,9,11,17H,6,8,10H2,1H3. The van der Waals surface area contributed by atoms with Crippen molar-refractivity contribution in [1.29, 1.82) is 0 Å². The first-order chi connectivity index (χ1) is 9.31. The summed E-state index contributed by atoms with van der Waals surface area (Å²) < 4.78 is 5.32. The monoisotopic (exact) mass is 276 g/mol. The maximum absolute atomic E-state index is 6.05. The van der Waals surface area contributed by atoms with Crippen LogP contribution in [0.25, 0.3) is 0 Å². The molecule has 0 unspecified atom stereocenters. The van der Waals surface area contributed by atoms with Crippen LogP contribution >= 0.6 is 11.6 Å². The van der Waals surface area contributed by atoms with Crippen molar-refractivity contribution in [2.75, 3.05) is 13.7 Å². The van der Waals surface area contributed by atoms with E-state index < -0.39 is 0 Å². The zero-order valence-corrected chi connectivity index (χ0v) is 11.7. The highest BCUT2D eigenvalue weighted by molar-refractivity contribution is 6.31. The second kappa shape index (κ2) is 7.12. The molecule has 0 amide bonds. The Labute approximate surface area is 118 Å². The highest BCUT2D eigenvalue weighted by atomic mass is 35.5. The van der Waals surface area contributed by atoms with E-state index in [2.05, 4.69) is 16.4 Å². The van der Waals surface area contributed by atoms with Crippen molar-refractivity contribution < 1.29 is 4.74 Å². The molecule has 1 aromatic heterocycles. The summed E-state index contributed by atoms with van der Waals surface area (Å²) in [6, 6.07) is 10.00. The van der Waals surface area contributed by atoms with Gasteiger partial charge in [-0.2, -0.15) is 0 Å². The van der Waals surface area contributed by atoms with Gasteiger partial charge in [0.1, 0.15) is 5.75 Å². The van der Waals surface area contributed by atoms with Crippen molar-refractivity contribution in [2.24, 2.45) is 0 Å². The van der Waals surface area contributed by atoms with Crippen LogP contribution in [-0.4, -0.2) is 18.6 Å². The summed E-state index contributed by atoms with van der Waals surface area (Å²) in [5, 5.41) is 4.08. The third-order valence-corrected chi connectivity index (χ3v) is 3.28. The van der Waals surface area contributed by atoms with Gasteiger partial charge in [0, 0.05) is 18.9 Å². The third-order valence-electron chi connectivity index (χ3n) is 2.94. The van der Waals surface area contributed by atoms with Gasteiger partial charge in [-0.3, -0.25) is 4.98 Å². The van der Waals surface area contributed by atoms with Gasteiger partial charge in [0.2, 0.25) is 0 Å². The number of ether oxygens (including phenoxy) is 1. The number of aromatic nitrogens is 1. The lowest BCUT2D eigenvalue weighted by atomic mass is 10.1. The fourth-order valence-electron chi connectivity index (χ4n) is 1.90. The van der Waals surface area contributed by atoms with Gasteiger partial charge in [0.25, 0.3) is 0 Å². The molecule has 2 aromatic rings. The van der Waals surface area contributed by atoms with Gasteiger partial charge in [-0.1, -0.05) is 29.8 Å². The molecular weight excluding hydrogens is 260 g/mol. The Morgan fingerprint density at radius 3 is 2.84 bits per heavy atom. The van der Waals surface area contributed by atoms with Gasteiger partial charge in [-0.25, -0.2) is 0 Å². The molecule has 100 valence electrons. The first-order valence-electron chi connectivity index (χ1n) is 6.22. The average Bonchev–Trinajstić information content (AvgIpc) is 2.45. The molecule has 0 aliphatic carbocycles.